The minimum Gasteiger partial charge on any atom is -0.310 e. The predicted octanol–water partition coefficient (Wildman–Crippen LogP) is 14.3. The summed E-state index contributed by atoms with van der Waals surface area (Å²) in [5.74, 6) is 0. The van der Waals surface area contributed by atoms with E-state index in [0.29, 0.717) is 0 Å². The van der Waals surface area contributed by atoms with Crippen LogP contribution in [0.4, 0.5) is 17.1 Å². The van der Waals surface area contributed by atoms with Gasteiger partial charge in [-0.2, -0.15) is 0 Å². The number of hydrogen-bond acceptors (Lipinski definition) is 1. The molecular weight excluding hydrogens is 639 g/mol. The molecule has 0 amide bonds. The summed E-state index contributed by atoms with van der Waals surface area (Å²) >= 11 is 0. The van der Waals surface area contributed by atoms with Crippen LogP contribution < -0.4 is 4.90 Å². The molecule has 0 radical (unpaired) electrons. The largest absolute Gasteiger partial charge is 0.310 e. The number of nitrogens with zero attached hydrogens (tertiary/aromatic N) is 1. The summed E-state index contributed by atoms with van der Waals surface area (Å²) in [5, 5.41) is 2.57. The van der Waals surface area contributed by atoms with Crippen molar-refractivity contribution in [2.75, 3.05) is 4.90 Å². The lowest BCUT2D eigenvalue weighted by atomic mass is 9.81. The Kier molecular flexibility index (Phi) is 6.94. The quantitative estimate of drug-likeness (QED) is 0.175. The Morgan fingerprint density at radius 3 is 1.62 bits per heavy atom. The molecule has 0 unspecified atom stereocenters. The van der Waals surface area contributed by atoms with Gasteiger partial charge in [-0.1, -0.05) is 155 Å². The third-order valence-corrected chi connectivity index (χ3v) is 12.0. The highest BCUT2D eigenvalue weighted by Crippen LogP contribution is 2.54. The zero-order valence-electron chi connectivity index (χ0n) is 30.7. The second kappa shape index (κ2) is 11.7. The molecule has 1 heteroatoms. The fraction of sp³-hybridized carbons (Fsp3) is 0.115. The molecule has 0 aromatic heterocycles. The van der Waals surface area contributed by atoms with Crippen LogP contribution in [0.25, 0.3) is 55.3 Å². The summed E-state index contributed by atoms with van der Waals surface area (Å²) in [6.07, 6.45) is 0. The second-order valence-corrected chi connectivity index (χ2v) is 15.8. The van der Waals surface area contributed by atoms with Crippen molar-refractivity contribution >= 4 is 27.8 Å². The molecule has 2 aliphatic rings. The summed E-state index contributed by atoms with van der Waals surface area (Å²) in [7, 11) is 0. The monoisotopic (exact) mass is 679 g/mol. The van der Waals surface area contributed by atoms with Gasteiger partial charge in [0, 0.05) is 27.8 Å². The Labute approximate surface area is 312 Å². The molecule has 0 aliphatic heterocycles. The number of fused-ring (bicyclic) bond motifs is 7. The van der Waals surface area contributed by atoms with Gasteiger partial charge in [0.05, 0.1) is 5.69 Å². The molecule has 2 aliphatic carbocycles. The molecule has 0 fully saturated rings. The molecule has 0 N–H and O–H groups in total. The highest BCUT2D eigenvalue weighted by Gasteiger charge is 2.38. The van der Waals surface area contributed by atoms with Gasteiger partial charge in [0.25, 0.3) is 0 Å². The molecule has 0 atom stereocenters. The normalized spacial score (nSPS) is 14.3. The number of anilines is 3. The van der Waals surface area contributed by atoms with Crippen molar-refractivity contribution < 1.29 is 0 Å². The molecular formula is C52H41N. The van der Waals surface area contributed by atoms with Crippen molar-refractivity contribution in [2.24, 2.45) is 0 Å². The Morgan fingerprint density at radius 1 is 0.321 bits per heavy atom. The standard InChI is InChI=1S/C52H41N/c1-51(2)46-22-14-13-21-41(46)42-26-24-40(33-49(42)51)53(50-28-23-38(34-15-7-5-8-16-34)29-43(50)35-17-9-6-10-18-35)39-25-27-47-45(32-39)44-30-36-19-11-12-20-37(36)31-48(44)52(47,3)4/h5-33H,1-4H3. The van der Waals surface area contributed by atoms with Crippen LogP contribution in [0.5, 0.6) is 0 Å². The summed E-state index contributed by atoms with van der Waals surface area (Å²) < 4.78 is 0. The van der Waals surface area contributed by atoms with Crippen molar-refractivity contribution in [2.45, 2.75) is 38.5 Å². The van der Waals surface area contributed by atoms with E-state index in [2.05, 4.69) is 209 Å². The fourth-order valence-corrected chi connectivity index (χ4v) is 9.21. The van der Waals surface area contributed by atoms with Gasteiger partial charge in [-0.3, -0.25) is 0 Å². The number of benzene rings is 8. The van der Waals surface area contributed by atoms with E-state index in [0.717, 1.165) is 17.1 Å². The lowest BCUT2D eigenvalue weighted by molar-refractivity contribution is 0.660. The Hall–Kier alpha value is -6.18. The van der Waals surface area contributed by atoms with E-state index in [1.807, 2.05) is 0 Å². The molecule has 0 heterocycles. The first-order valence-electron chi connectivity index (χ1n) is 18.8. The SMILES string of the molecule is CC1(C)c2ccccc2-c2ccc(N(c3ccc4c(c3)-c3cc5ccccc5cc3C4(C)C)c3ccc(-c4ccccc4)cc3-c3ccccc3)cc21. The van der Waals surface area contributed by atoms with Crippen molar-refractivity contribution in [1.82, 2.24) is 0 Å². The first kappa shape index (κ1) is 31.5. The lowest BCUT2D eigenvalue weighted by Gasteiger charge is -2.31. The average molecular weight is 680 g/mol. The molecule has 0 saturated heterocycles. The molecule has 8 aromatic carbocycles. The van der Waals surface area contributed by atoms with Gasteiger partial charge in [-0.15, -0.1) is 0 Å². The first-order valence-corrected chi connectivity index (χ1v) is 18.8. The van der Waals surface area contributed by atoms with Crippen LogP contribution in [0.15, 0.2) is 176 Å². The minimum atomic E-state index is -0.116. The van der Waals surface area contributed by atoms with Crippen LogP contribution in [0.3, 0.4) is 0 Å². The summed E-state index contributed by atoms with van der Waals surface area (Å²) in [5.41, 5.74) is 18.9. The van der Waals surface area contributed by atoms with Crippen molar-refractivity contribution in [3.63, 3.8) is 0 Å². The maximum Gasteiger partial charge on any atom is 0.0540 e. The number of hydrogen-bond donors (Lipinski definition) is 0. The van der Waals surface area contributed by atoms with Gasteiger partial charge in [0.1, 0.15) is 0 Å². The maximum atomic E-state index is 2.50. The molecule has 1 nitrogen and oxygen atoms in total. The van der Waals surface area contributed by atoms with Crippen molar-refractivity contribution in [3.8, 4) is 44.5 Å². The summed E-state index contributed by atoms with van der Waals surface area (Å²) in [6.45, 7) is 9.49. The van der Waals surface area contributed by atoms with Gasteiger partial charge in [0.15, 0.2) is 0 Å². The molecule has 8 aromatic rings. The Bertz CT molecular complexity index is 2720. The fourth-order valence-electron chi connectivity index (χ4n) is 9.21. The molecule has 0 spiro atoms. The first-order chi connectivity index (χ1) is 25.8. The third-order valence-electron chi connectivity index (χ3n) is 12.0. The molecule has 10 rings (SSSR count). The van der Waals surface area contributed by atoms with Crippen molar-refractivity contribution in [1.29, 1.82) is 0 Å². The smallest absolute Gasteiger partial charge is 0.0540 e. The predicted molar refractivity (Wildman–Crippen MR) is 225 cm³/mol. The summed E-state index contributed by atoms with van der Waals surface area (Å²) in [4.78, 5) is 2.50. The highest BCUT2D eigenvalue weighted by atomic mass is 15.1. The van der Waals surface area contributed by atoms with E-state index in [1.54, 1.807) is 0 Å². The van der Waals surface area contributed by atoms with E-state index in [4.69, 9.17) is 0 Å². The van der Waals surface area contributed by atoms with E-state index in [1.165, 1.54) is 77.5 Å². The van der Waals surface area contributed by atoms with Gasteiger partial charge >= 0.3 is 0 Å². The van der Waals surface area contributed by atoms with Gasteiger partial charge in [-0.25, -0.2) is 0 Å². The second-order valence-electron chi connectivity index (χ2n) is 15.8. The van der Waals surface area contributed by atoms with Crippen molar-refractivity contribution in [3.05, 3.63) is 198 Å². The zero-order chi connectivity index (χ0) is 35.9. The third kappa shape index (κ3) is 4.84. The molecule has 0 bridgehead atoms. The van der Waals surface area contributed by atoms with Crippen LogP contribution in [-0.4, -0.2) is 0 Å². The maximum absolute atomic E-state index is 2.50. The Morgan fingerprint density at radius 2 is 0.868 bits per heavy atom. The van der Waals surface area contributed by atoms with Crippen LogP contribution in [0, 0.1) is 0 Å². The van der Waals surface area contributed by atoms with Crippen LogP contribution in [-0.2, 0) is 10.8 Å². The lowest BCUT2D eigenvalue weighted by Crippen LogP contribution is -2.17. The van der Waals surface area contributed by atoms with E-state index >= 15 is 0 Å². The van der Waals surface area contributed by atoms with Crippen LogP contribution in [0.2, 0.25) is 0 Å². The average Bonchev–Trinajstić information content (AvgIpc) is 3.56. The molecule has 0 saturated carbocycles. The molecule has 254 valence electrons. The minimum absolute atomic E-state index is 0.103. The van der Waals surface area contributed by atoms with Crippen LogP contribution >= 0.6 is 0 Å². The summed E-state index contributed by atoms with van der Waals surface area (Å²) in [6, 6.07) is 65.4. The molecule has 53 heavy (non-hydrogen) atoms. The van der Waals surface area contributed by atoms with Gasteiger partial charge in [0.2, 0.25) is 0 Å². The topological polar surface area (TPSA) is 3.24 Å². The zero-order valence-corrected chi connectivity index (χ0v) is 30.7. The van der Waals surface area contributed by atoms with E-state index in [-0.39, 0.29) is 10.8 Å². The van der Waals surface area contributed by atoms with Gasteiger partial charge < -0.3 is 4.90 Å². The van der Waals surface area contributed by atoms with E-state index < -0.39 is 0 Å². The van der Waals surface area contributed by atoms with Crippen LogP contribution in [0.1, 0.15) is 49.9 Å². The van der Waals surface area contributed by atoms with E-state index in [9.17, 15) is 0 Å². The van der Waals surface area contributed by atoms with Gasteiger partial charge in [-0.05, 0) is 121 Å². The highest BCUT2D eigenvalue weighted by molar-refractivity contribution is 5.97. The Balaban J connectivity index is 1.23. The number of rotatable bonds is 5.